The molecule has 1 heterocycles. The van der Waals surface area contributed by atoms with E-state index < -0.39 is 11.7 Å². The average molecular weight is 351 g/mol. The minimum Gasteiger partial charge on any atom is -0.481 e. The van der Waals surface area contributed by atoms with Gasteiger partial charge in [0.15, 0.2) is 0 Å². The highest BCUT2D eigenvalue weighted by atomic mass is 79.9. The highest BCUT2D eigenvalue weighted by Gasteiger charge is 2.15. The Bertz CT molecular complexity index is 781. The van der Waals surface area contributed by atoms with Gasteiger partial charge in [0.1, 0.15) is 0 Å². The molecule has 0 saturated heterocycles. The summed E-state index contributed by atoms with van der Waals surface area (Å²) in [5.41, 5.74) is 2.90. The van der Waals surface area contributed by atoms with Crippen molar-refractivity contribution in [2.45, 2.75) is 27.2 Å². The quantitative estimate of drug-likeness (QED) is 0.923. The van der Waals surface area contributed by atoms with E-state index in [1.165, 1.54) is 4.57 Å². The third-order valence-corrected chi connectivity index (χ3v) is 4.28. The summed E-state index contributed by atoms with van der Waals surface area (Å²) in [5, 5.41) is 9.01. The Morgan fingerprint density at radius 2 is 2.00 bits per heavy atom. The summed E-state index contributed by atoms with van der Waals surface area (Å²) in [4.78, 5) is 27.1. The van der Waals surface area contributed by atoms with E-state index in [4.69, 9.17) is 5.11 Å². The van der Waals surface area contributed by atoms with Crippen molar-refractivity contribution in [3.8, 4) is 5.69 Å². The maximum absolute atomic E-state index is 12.2. The molecule has 2 rings (SSSR count). The van der Waals surface area contributed by atoms with E-state index >= 15 is 0 Å². The molecular formula is C15H15BrN2O3. The second-order valence-electron chi connectivity index (χ2n) is 4.88. The number of carbonyl (C=O) groups is 1. The Morgan fingerprint density at radius 3 is 2.57 bits per heavy atom. The fraction of sp³-hybridized carbons (Fsp3) is 0.267. The van der Waals surface area contributed by atoms with Crippen molar-refractivity contribution in [3.05, 3.63) is 55.7 Å². The number of carboxylic acids is 1. The minimum atomic E-state index is -0.944. The third kappa shape index (κ3) is 3.05. The molecule has 0 aliphatic rings. The van der Waals surface area contributed by atoms with E-state index in [2.05, 4.69) is 20.9 Å². The van der Waals surface area contributed by atoms with E-state index in [1.54, 1.807) is 19.9 Å². The fourth-order valence-corrected chi connectivity index (χ4v) is 2.53. The highest BCUT2D eigenvalue weighted by Crippen LogP contribution is 2.21. The summed E-state index contributed by atoms with van der Waals surface area (Å²) in [6.45, 7) is 5.32. The largest absolute Gasteiger partial charge is 0.481 e. The molecule has 5 nitrogen and oxygen atoms in total. The van der Waals surface area contributed by atoms with Crippen molar-refractivity contribution in [2.24, 2.45) is 0 Å². The molecule has 21 heavy (non-hydrogen) atoms. The SMILES string of the molecule is Cc1cc(-n2c(C)c(CC(=O)O)c(C)nc2=O)ccc1Br. The molecule has 0 unspecified atom stereocenters. The fourth-order valence-electron chi connectivity index (χ4n) is 2.28. The van der Waals surface area contributed by atoms with Crippen LogP contribution in [0.15, 0.2) is 27.5 Å². The van der Waals surface area contributed by atoms with Crippen molar-refractivity contribution in [1.29, 1.82) is 0 Å². The molecule has 0 bridgehead atoms. The monoisotopic (exact) mass is 350 g/mol. The van der Waals surface area contributed by atoms with Gasteiger partial charge in [-0.25, -0.2) is 4.79 Å². The Hall–Kier alpha value is -1.95. The van der Waals surface area contributed by atoms with Crippen LogP contribution in [0, 0.1) is 20.8 Å². The molecule has 0 fully saturated rings. The van der Waals surface area contributed by atoms with E-state index in [1.807, 2.05) is 19.1 Å². The van der Waals surface area contributed by atoms with Gasteiger partial charge in [0.05, 0.1) is 12.1 Å². The summed E-state index contributed by atoms with van der Waals surface area (Å²) < 4.78 is 2.40. The molecule has 2 aromatic rings. The number of rotatable bonds is 3. The Kier molecular flexibility index (Phi) is 4.27. The van der Waals surface area contributed by atoms with Crippen LogP contribution in [-0.2, 0) is 11.2 Å². The highest BCUT2D eigenvalue weighted by molar-refractivity contribution is 9.10. The van der Waals surface area contributed by atoms with Gasteiger partial charge >= 0.3 is 11.7 Å². The summed E-state index contributed by atoms with van der Waals surface area (Å²) in [5.74, 6) is -0.944. The van der Waals surface area contributed by atoms with Gasteiger partial charge in [0.2, 0.25) is 0 Å². The molecular weight excluding hydrogens is 336 g/mol. The Morgan fingerprint density at radius 1 is 1.33 bits per heavy atom. The van der Waals surface area contributed by atoms with Gasteiger partial charge in [0, 0.05) is 21.4 Å². The molecule has 6 heteroatoms. The number of benzene rings is 1. The zero-order valence-electron chi connectivity index (χ0n) is 12.0. The lowest BCUT2D eigenvalue weighted by Gasteiger charge is -2.15. The second-order valence-corrected chi connectivity index (χ2v) is 5.74. The lowest BCUT2D eigenvalue weighted by molar-refractivity contribution is -0.136. The summed E-state index contributed by atoms with van der Waals surface area (Å²) >= 11 is 3.42. The molecule has 0 atom stereocenters. The van der Waals surface area contributed by atoms with E-state index in [0.29, 0.717) is 22.6 Å². The molecule has 0 radical (unpaired) electrons. The number of aromatic nitrogens is 2. The smallest absolute Gasteiger partial charge is 0.352 e. The summed E-state index contributed by atoms with van der Waals surface area (Å²) in [7, 11) is 0. The van der Waals surface area contributed by atoms with Crippen LogP contribution in [0.2, 0.25) is 0 Å². The number of halogens is 1. The number of hydrogen-bond donors (Lipinski definition) is 1. The van der Waals surface area contributed by atoms with Gasteiger partial charge < -0.3 is 5.11 Å². The van der Waals surface area contributed by atoms with Crippen LogP contribution in [-0.4, -0.2) is 20.6 Å². The van der Waals surface area contributed by atoms with Gasteiger partial charge in [-0.15, -0.1) is 0 Å². The third-order valence-electron chi connectivity index (χ3n) is 3.39. The number of aliphatic carboxylic acids is 1. The Labute approximate surface area is 130 Å². The number of nitrogens with zero attached hydrogens (tertiary/aromatic N) is 2. The van der Waals surface area contributed by atoms with E-state index in [9.17, 15) is 9.59 Å². The lowest BCUT2D eigenvalue weighted by atomic mass is 10.1. The van der Waals surface area contributed by atoms with Crippen molar-refractivity contribution in [1.82, 2.24) is 9.55 Å². The first-order chi connectivity index (χ1) is 9.81. The summed E-state index contributed by atoms with van der Waals surface area (Å²) in [6.07, 6.45) is -0.152. The van der Waals surface area contributed by atoms with E-state index in [-0.39, 0.29) is 6.42 Å². The topological polar surface area (TPSA) is 72.2 Å². The predicted molar refractivity (Wildman–Crippen MR) is 83.1 cm³/mol. The summed E-state index contributed by atoms with van der Waals surface area (Å²) in [6, 6.07) is 5.51. The first kappa shape index (κ1) is 15.4. The molecule has 110 valence electrons. The van der Waals surface area contributed by atoms with Crippen LogP contribution in [0.4, 0.5) is 0 Å². The van der Waals surface area contributed by atoms with Crippen molar-refractivity contribution < 1.29 is 9.90 Å². The molecule has 0 amide bonds. The predicted octanol–water partition coefficient (Wildman–Crippen LogP) is 2.55. The first-order valence-electron chi connectivity index (χ1n) is 6.38. The number of carboxylic acid groups (broad SMARTS) is 1. The van der Waals surface area contributed by atoms with Gasteiger partial charge in [-0.3, -0.25) is 9.36 Å². The molecule has 1 aromatic carbocycles. The van der Waals surface area contributed by atoms with Crippen LogP contribution >= 0.6 is 15.9 Å². The molecule has 1 N–H and O–H groups in total. The van der Waals surface area contributed by atoms with Crippen LogP contribution in [0.5, 0.6) is 0 Å². The van der Waals surface area contributed by atoms with Crippen LogP contribution in [0.1, 0.15) is 22.5 Å². The Balaban J connectivity index is 2.71. The van der Waals surface area contributed by atoms with Gasteiger partial charge in [0.25, 0.3) is 0 Å². The lowest BCUT2D eigenvalue weighted by Crippen LogP contribution is -2.27. The molecule has 0 saturated carbocycles. The maximum Gasteiger partial charge on any atom is 0.352 e. The zero-order chi connectivity index (χ0) is 15.7. The second kappa shape index (κ2) is 5.81. The van der Waals surface area contributed by atoms with E-state index in [0.717, 1.165) is 10.0 Å². The maximum atomic E-state index is 12.2. The number of aryl methyl sites for hydroxylation is 2. The number of hydrogen-bond acceptors (Lipinski definition) is 3. The minimum absolute atomic E-state index is 0.152. The standard InChI is InChI=1S/C15H15BrN2O3/c1-8-6-11(4-5-13(8)16)18-10(3)12(7-14(19)20)9(2)17-15(18)21/h4-6H,7H2,1-3H3,(H,19,20). The van der Waals surface area contributed by atoms with Crippen molar-refractivity contribution in [2.75, 3.05) is 0 Å². The van der Waals surface area contributed by atoms with Crippen molar-refractivity contribution >= 4 is 21.9 Å². The molecule has 0 spiro atoms. The first-order valence-corrected chi connectivity index (χ1v) is 7.18. The molecule has 0 aliphatic heterocycles. The molecule has 1 aromatic heterocycles. The van der Waals surface area contributed by atoms with Gasteiger partial charge in [-0.05, 0) is 44.5 Å². The van der Waals surface area contributed by atoms with Crippen LogP contribution in [0.3, 0.4) is 0 Å². The van der Waals surface area contributed by atoms with Crippen molar-refractivity contribution in [3.63, 3.8) is 0 Å². The van der Waals surface area contributed by atoms with Crippen LogP contribution in [0.25, 0.3) is 5.69 Å². The average Bonchev–Trinajstić information content (AvgIpc) is 2.38. The normalized spacial score (nSPS) is 10.7. The van der Waals surface area contributed by atoms with Crippen LogP contribution < -0.4 is 5.69 Å². The molecule has 0 aliphatic carbocycles. The van der Waals surface area contributed by atoms with Gasteiger partial charge in [-0.2, -0.15) is 4.98 Å². The van der Waals surface area contributed by atoms with Gasteiger partial charge in [-0.1, -0.05) is 15.9 Å². The zero-order valence-corrected chi connectivity index (χ0v) is 13.6.